The van der Waals surface area contributed by atoms with Gasteiger partial charge in [-0.2, -0.15) is 0 Å². The summed E-state index contributed by atoms with van der Waals surface area (Å²) in [6.07, 6.45) is 8.35. The molecule has 1 aliphatic carbocycles. The van der Waals surface area contributed by atoms with E-state index >= 15 is 0 Å². The summed E-state index contributed by atoms with van der Waals surface area (Å²) in [6.45, 7) is 12.6. The van der Waals surface area contributed by atoms with E-state index in [1.54, 1.807) is 19.6 Å². The highest BCUT2D eigenvalue weighted by Gasteiger charge is 2.50. The van der Waals surface area contributed by atoms with Crippen molar-refractivity contribution in [2.45, 2.75) is 64.3 Å². The van der Waals surface area contributed by atoms with E-state index < -0.39 is 9.25 Å². The molecule has 9 heteroatoms. The molecule has 1 aromatic carbocycles. The van der Waals surface area contributed by atoms with Crippen LogP contribution in [0.3, 0.4) is 0 Å². The van der Waals surface area contributed by atoms with Crippen molar-refractivity contribution < 1.29 is 23.3 Å². The molecular formula is C29H51N3O5S. The second-order valence-corrected chi connectivity index (χ2v) is 16.6. The molecule has 218 valence electrons. The second-order valence-electron chi connectivity index (χ2n) is 12.3. The van der Waals surface area contributed by atoms with Crippen LogP contribution in [0.2, 0.25) is 0 Å². The van der Waals surface area contributed by atoms with Gasteiger partial charge < -0.3 is 19.3 Å². The number of hydroxylamine groups is 1. The van der Waals surface area contributed by atoms with Gasteiger partial charge in [-0.3, -0.25) is 13.8 Å². The SMILES string of the molecule is COc1cc(C)c(S(C)(C)(=O)N(CCOCC(=O)N(C)[C@H]2C[C@@H](CCN3CCCC3)C2(C)C)OC)c(C)c1. The number of likely N-dealkylation sites (tertiary alicyclic amines) is 1. The minimum Gasteiger partial charge on any atom is -0.497 e. The van der Waals surface area contributed by atoms with Crippen molar-refractivity contribution in [3.8, 4) is 5.75 Å². The maximum Gasteiger partial charge on any atom is 0.248 e. The van der Waals surface area contributed by atoms with Crippen molar-refractivity contribution >= 4 is 15.2 Å². The molecule has 1 saturated heterocycles. The average molecular weight is 554 g/mol. The Morgan fingerprint density at radius 1 is 1.13 bits per heavy atom. The Morgan fingerprint density at radius 2 is 1.74 bits per heavy atom. The van der Waals surface area contributed by atoms with Crippen LogP contribution in [-0.4, -0.2) is 104 Å². The number of rotatable bonds is 13. The molecule has 0 radical (unpaired) electrons. The van der Waals surface area contributed by atoms with E-state index in [1.807, 2.05) is 37.9 Å². The summed E-state index contributed by atoms with van der Waals surface area (Å²) in [4.78, 5) is 23.8. The molecule has 2 fully saturated rings. The number of likely N-dealkylation sites (N-methyl/N-ethyl adjacent to an activating group) is 1. The lowest BCUT2D eigenvalue weighted by Gasteiger charge is -2.56. The molecule has 1 saturated carbocycles. The predicted octanol–water partition coefficient (Wildman–Crippen LogP) is 3.90. The normalized spacial score (nSPS) is 22.6. The zero-order chi connectivity index (χ0) is 28.3. The first kappa shape index (κ1) is 31.0. The van der Waals surface area contributed by atoms with Crippen LogP contribution in [-0.2, 0) is 23.6 Å². The van der Waals surface area contributed by atoms with Crippen molar-refractivity contribution in [3.63, 3.8) is 0 Å². The Bertz CT molecular complexity index is 1020. The smallest absolute Gasteiger partial charge is 0.248 e. The molecule has 2 atom stereocenters. The lowest BCUT2D eigenvalue weighted by molar-refractivity contribution is -0.149. The fourth-order valence-corrected chi connectivity index (χ4v) is 9.88. The molecule has 3 rings (SSSR count). The molecule has 1 amide bonds. The molecule has 38 heavy (non-hydrogen) atoms. The number of hydrogen-bond donors (Lipinski definition) is 0. The Morgan fingerprint density at radius 3 is 2.26 bits per heavy atom. The van der Waals surface area contributed by atoms with Gasteiger partial charge in [0.15, 0.2) is 0 Å². The zero-order valence-corrected chi connectivity index (χ0v) is 26.0. The summed E-state index contributed by atoms with van der Waals surface area (Å²) in [5, 5.41) is 0. The van der Waals surface area contributed by atoms with Gasteiger partial charge in [0.25, 0.3) is 0 Å². The van der Waals surface area contributed by atoms with Crippen LogP contribution in [0, 0.1) is 25.2 Å². The van der Waals surface area contributed by atoms with Crippen molar-refractivity contribution in [2.24, 2.45) is 11.3 Å². The first-order valence-corrected chi connectivity index (χ1v) is 16.6. The van der Waals surface area contributed by atoms with Gasteiger partial charge in [-0.1, -0.05) is 13.8 Å². The molecule has 0 N–H and O–H groups in total. The summed E-state index contributed by atoms with van der Waals surface area (Å²) in [5.74, 6) is 1.36. The molecule has 0 spiro atoms. The van der Waals surface area contributed by atoms with Crippen molar-refractivity contribution in [3.05, 3.63) is 23.3 Å². The highest BCUT2D eigenvalue weighted by molar-refractivity contribution is 8.16. The molecular weight excluding hydrogens is 502 g/mol. The molecule has 0 unspecified atom stereocenters. The number of amides is 1. The molecule has 0 bridgehead atoms. The minimum absolute atomic E-state index is 0.000573. The second kappa shape index (κ2) is 11.9. The van der Waals surface area contributed by atoms with Crippen LogP contribution in [0.15, 0.2) is 17.0 Å². The molecule has 1 aliphatic heterocycles. The highest BCUT2D eigenvalue weighted by Crippen LogP contribution is 2.50. The number of nitrogens with zero attached hydrogens (tertiary/aromatic N) is 3. The van der Waals surface area contributed by atoms with Crippen LogP contribution >= 0.6 is 0 Å². The van der Waals surface area contributed by atoms with E-state index in [0.717, 1.165) is 28.2 Å². The number of ether oxygens (including phenoxy) is 2. The number of carbonyl (C=O) groups excluding carboxylic acids is 1. The van der Waals surface area contributed by atoms with Crippen LogP contribution in [0.25, 0.3) is 0 Å². The van der Waals surface area contributed by atoms with E-state index in [9.17, 15) is 9.00 Å². The van der Waals surface area contributed by atoms with E-state index in [2.05, 4.69) is 18.7 Å². The minimum atomic E-state index is -3.56. The summed E-state index contributed by atoms with van der Waals surface area (Å²) >= 11 is 0. The third-order valence-electron chi connectivity index (χ3n) is 8.96. The van der Waals surface area contributed by atoms with Crippen molar-refractivity contribution in [2.75, 3.05) is 73.2 Å². The van der Waals surface area contributed by atoms with Gasteiger partial charge in [0.1, 0.15) is 12.4 Å². The van der Waals surface area contributed by atoms with Gasteiger partial charge in [0.05, 0.1) is 27.4 Å². The lowest BCUT2D eigenvalue weighted by Crippen LogP contribution is -2.59. The molecule has 0 aromatic heterocycles. The zero-order valence-electron chi connectivity index (χ0n) is 25.2. The van der Waals surface area contributed by atoms with Gasteiger partial charge in [0.2, 0.25) is 5.91 Å². The highest BCUT2D eigenvalue weighted by atomic mass is 32.3. The number of benzene rings is 1. The molecule has 1 heterocycles. The standard InChI is InChI=1S/C29H51N3O5S/c1-22-18-25(35-6)19-23(2)28(22)38(8,9,34)32(36-7)16-17-37-21-27(33)30(5)26-20-24(29(26,3)4)12-15-31-13-10-11-14-31/h18-19,24,26H,10-17,20-21H2,1-9H3/t24-,26+/m1/s1. The maximum absolute atomic E-state index is 14.4. The monoisotopic (exact) mass is 553 g/mol. The Labute approximate surface area is 230 Å². The third-order valence-corrected chi connectivity index (χ3v) is 12.3. The largest absolute Gasteiger partial charge is 0.497 e. The van der Waals surface area contributed by atoms with Crippen LogP contribution in [0.5, 0.6) is 5.75 Å². The van der Waals surface area contributed by atoms with Gasteiger partial charge in [-0.25, -0.2) is 0 Å². The summed E-state index contributed by atoms with van der Waals surface area (Å²) < 4.78 is 27.1. The van der Waals surface area contributed by atoms with E-state index in [-0.39, 0.29) is 37.1 Å². The van der Waals surface area contributed by atoms with Gasteiger partial charge in [0, 0.05) is 30.5 Å². The first-order chi connectivity index (χ1) is 17.7. The Kier molecular flexibility index (Phi) is 9.73. The fourth-order valence-electron chi connectivity index (χ4n) is 6.68. The van der Waals surface area contributed by atoms with Gasteiger partial charge in [-0.15, -0.1) is 4.47 Å². The molecule has 1 aromatic rings. The van der Waals surface area contributed by atoms with Crippen LogP contribution < -0.4 is 4.74 Å². The third kappa shape index (κ3) is 6.44. The van der Waals surface area contributed by atoms with Crippen molar-refractivity contribution in [1.82, 2.24) is 14.3 Å². The predicted molar refractivity (Wildman–Crippen MR) is 154 cm³/mol. The fraction of sp³-hybridized carbons (Fsp3) is 0.759. The Balaban J connectivity index is 1.51. The lowest BCUT2D eigenvalue weighted by atomic mass is 9.57. The number of aryl methyl sites for hydroxylation is 2. The van der Waals surface area contributed by atoms with Gasteiger partial charge >= 0.3 is 0 Å². The first-order valence-electron chi connectivity index (χ1n) is 13.9. The quantitative estimate of drug-likeness (QED) is 0.273. The molecule has 8 nitrogen and oxygen atoms in total. The number of carbonyl (C=O) groups is 1. The molecule has 2 aliphatic rings. The van der Waals surface area contributed by atoms with E-state index in [4.69, 9.17) is 14.3 Å². The summed E-state index contributed by atoms with van der Waals surface area (Å²) in [6, 6.07) is 4.01. The van der Waals surface area contributed by atoms with E-state index in [1.165, 1.54) is 50.5 Å². The van der Waals surface area contributed by atoms with E-state index in [0.29, 0.717) is 5.92 Å². The van der Waals surface area contributed by atoms with Gasteiger partial charge in [-0.05, 0) is 103 Å². The Hall–Kier alpha value is -1.52. The van der Waals surface area contributed by atoms with Crippen LogP contribution in [0.4, 0.5) is 0 Å². The summed E-state index contributed by atoms with van der Waals surface area (Å²) in [5.41, 5.74) is 1.87. The number of hydrogen-bond acceptors (Lipinski definition) is 6. The number of methoxy groups -OCH3 is 1. The summed E-state index contributed by atoms with van der Waals surface area (Å²) in [7, 11) is 1.48. The van der Waals surface area contributed by atoms with Crippen molar-refractivity contribution in [1.29, 1.82) is 0 Å². The van der Waals surface area contributed by atoms with Crippen LogP contribution in [0.1, 0.15) is 50.7 Å². The topological polar surface area (TPSA) is 71.5 Å². The maximum atomic E-state index is 14.4. The average Bonchev–Trinajstić information content (AvgIpc) is 3.35.